The molecule has 0 saturated heterocycles. The predicted octanol–water partition coefficient (Wildman–Crippen LogP) is 3.02. The van der Waals surface area contributed by atoms with Gasteiger partial charge in [-0.15, -0.1) is 0 Å². The molecule has 20 heavy (non-hydrogen) atoms. The molecule has 1 N–H and O–H groups in total. The monoisotopic (exact) mass is 285 g/mol. The average molecular weight is 285 g/mol. The van der Waals surface area contributed by atoms with Crippen LogP contribution in [0.5, 0.6) is 0 Å². The van der Waals surface area contributed by atoms with Crippen LogP contribution in [0, 0.1) is 6.57 Å². The number of aliphatic hydroxyl groups is 1. The zero-order valence-electron chi connectivity index (χ0n) is 10.1. The van der Waals surface area contributed by atoms with Crippen LogP contribution in [0.1, 0.15) is 5.56 Å². The number of rotatable bonds is 4. The predicted molar refractivity (Wildman–Crippen MR) is 63.4 cm³/mol. The van der Waals surface area contributed by atoms with Crippen molar-refractivity contribution in [2.45, 2.75) is 12.6 Å². The van der Waals surface area contributed by atoms with Crippen molar-refractivity contribution < 1.29 is 27.8 Å². The molecule has 0 unspecified atom stereocenters. The van der Waals surface area contributed by atoms with Gasteiger partial charge in [0.05, 0.1) is 13.2 Å². The summed E-state index contributed by atoms with van der Waals surface area (Å²) >= 11 is 0. The van der Waals surface area contributed by atoms with Crippen LogP contribution in [0.25, 0.3) is 4.85 Å². The Morgan fingerprint density at radius 2 is 1.90 bits per heavy atom. The second kappa shape index (κ2) is 6.61. The number of hydrogen-bond donors (Lipinski definition) is 1. The molecule has 0 heterocycles. The molecule has 0 aliphatic heterocycles. The van der Waals surface area contributed by atoms with E-state index in [9.17, 15) is 18.0 Å². The highest BCUT2D eigenvalue weighted by Gasteiger charge is 2.39. The highest BCUT2D eigenvalue weighted by molar-refractivity contribution is 5.91. The summed E-state index contributed by atoms with van der Waals surface area (Å²) < 4.78 is 41.1. The minimum atomic E-state index is -5.15. The quantitative estimate of drug-likeness (QED) is 0.400. The fourth-order valence-electron chi connectivity index (χ4n) is 1.30. The van der Waals surface area contributed by atoms with Gasteiger partial charge < -0.3 is 9.84 Å². The lowest BCUT2D eigenvalue weighted by Gasteiger charge is -2.08. The van der Waals surface area contributed by atoms with E-state index in [0.717, 1.165) is 5.56 Å². The number of alkyl halides is 3. The van der Waals surface area contributed by atoms with Gasteiger partial charge in [0.15, 0.2) is 0 Å². The standard InChI is InChI=1S/C13H10F3NO3/c1-17-10(11(18)13(14,15)16)12(19)20-8-7-9-5-3-2-4-6-9/h2-6,18H,7-8H2/b11-10+. The van der Waals surface area contributed by atoms with Crippen molar-refractivity contribution >= 4 is 5.97 Å². The van der Waals surface area contributed by atoms with Crippen molar-refractivity contribution in [3.8, 4) is 0 Å². The summed E-state index contributed by atoms with van der Waals surface area (Å²) in [5.41, 5.74) is -0.640. The van der Waals surface area contributed by atoms with E-state index in [1.54, 1.807) is 30.3 Å². The number of aliphatic hydroxyl groups excluding tert-OH is 1. The highest BCUT2D eigenvalue weighted by Crippen LogP contribution is 2.27. The van der Waals surface area contributed by atoms with Crippen molar-refractivity contribution in [1.82, 2.24) is 0 Å². The zero-order chi connectivity index (χ0) is 15.2. The van der Waals surface area contributed by atoms with Crippen LogP contribution < -0.4 is 0 Å². The van der Waals surface area contributed by atoms with Gasteiger partial charge in [-0.25, -0.2) is 4.85 Å². The van der Waals surface area contributed by atoms with Crippen molar-refractivity contribution in [2.75, 3.05) is 6.61 Å². The normalized spacial score (nSPS) is 12.3. The van der Waals surface area contributed by atoms with Gasteiger partial charge in [-0.05, 0) is 5.56 Å². The first-order valence-corrected chi connectivity index (χ1v) is 5.45. The van der Waals surface area contributed by atoms with E-state index in [-0.39, 0.29) is 6.61 Å². The van der Waals surface area contributed by atoms with Crippen molar-refractivity contribution in [1.29, 1.82) is 0 Å². The minimum Gasteiger partial charge on any atom is -0.515 e. The lowest BCUT2D eigenvalue weighted by atomic mass is 10.2. The van der Waals surface area contributed by atoms with Crippen molar-refractivity contribution in [3.05, 3.63) is 58.8 Å². The Kier molecular flexibility index (Phi) is 5.15. The SMILES string of the molecule is [C-]#[N+]/C(C(=O)OCCc1ccccc1)=C(/O)C(F)(F)F. The van der Waals surface area contributed by atoms with E-state index < -0.39 is 23.6 Å². The third-order valence-corrected chi connectivity index (χ3v) is 2.26. The molecule has 0 spiro atoms. The molecule has 1 rings (SSSR count). The number of ether oxygens (including phenoxy) is 1. The number of hydrogen-bond acceptors (Lipinski definition) is 3. The summed E-state index contributed by atoms with van der Waals surface area (Å²) in [7, 11) is 0. The van der Waals surface area contributed by atoms with E-state index in [1.165, 1.54) is 0 Å². The highest BCUT2D eigenvalue weighted by atomic mass is 19.4. The van der Waals surface area contributed by atoms with Crippen LogP contribution in [0.2, 0.25) is 0 Å². The Balaban J connectivity index is 2.65. The third kappa shape index (κ3) is 4.31. The van der Waals surface area contributed by atoms with Gasteiger partial charge in [0, 0.05) is 6.42 Å². The second-order valence-corrected chi connectivity index (χ2v) is 3.68. The van der Waals surface area contributed by atoms with E-state index >= 15 is 0 Å². The fourth-order valence-corrected chi connectivity index (χ4v) is 1.30. The van der Waals surface area contributed by atoms with Crippen molar-refractivity contribution in [2.24, 2.45) is 0 Å². The molecule has 106 valence electrons. The number of carbonyl (C=O) groups excluding carboxylic acids is 1. The Morgan fingerprint density at radius 3 is 2.40 bits per heavy atom. The summed E-state index contributed by atoms with van der Waals surface area (Å²) in [6.07, 6.45) is -4.86. The molecule has 0 amide bonds. The van der Waals surface area contributed by atoms with Gasteiger partial charge >= 0.3 is 17.8 Å². The third-order valence-electron chi connectivity index (χ3n) is 2.26. The molecule has 0 aliphatic rings. The summed E-state index contributed by atoms with van der Waals surface area (Å²) in [5, 5.41) is 8.77. The lowest BCUT2D eigenvalue weighted by molar-refractivity contribution is -0.142. The smallest absolute Gasteiger partial charge is 0.438 e. The summed E-state index contributed by atoms with van der Waals surface area (Å²) in [6, 6.07) is 8.82. The first kappa shape index (κ1) is 15.6. The van der Waals surface area contributed by atoms with Crippen LogP contribution in [0.4, 0.5) is 13.2 Å². The van der Waals surface area contributed by atoms with E-state index in [4.69, 9.17) is 11.7 Å². The molecule has 0 saturated carbocycles. The van der Waals surface area contributed by atoms with Crippen molar-refractivity contribution in [3.63, 3.8) is 0 Å². The van der Waals surface area contributed by atoms with E-state index in [1.807, 2.05) is 0 Å². The lowest BCUT2D eigenvalue weighted by Crippen LogP contribution is -2.18. The van der Waals surface area contributed by atoms with Gasteiger partial charge in [-0.2, -0.15) is 13.2 Å². The van der Waals surface area contributed by atoms with Gasteiger partial charge in [-0.3, -0.25) is 4.79 Å². The van der Waals surface area contributed by atoms with Gasteiger partial charge in [0.2, 0.25) is 5.76 Å². The first-order valence-electron chi connectivity index (χ1n) is 5.45. The molecule has 0 aliphatic carbocycles. The number of allylic oxidation sites excluding steroid dienone is 1. The second-order valence-electron chi connectivity index (χ2n) is 3.68. The molecule has 1 aromatic rings. The van der Waals surface area contributed by atoms with E-state index in [0.29, 0.717) is 6.42 Å². The molecule has 7 heteroatoms. The van der Waals surface area contributed by atoms with E-state index in [2.05, 4.69) is 9.58 Å². The van der Waals surface area contributed by atoms with Crippen LogP contribution in [-0.2, 0) is 16.0 Å². The average Bonchev–Trinajstić information content (AvgIpc) is 2.39. The molecule has 0 atom stereocenters. The summed E-state index contributed by atoms with van der Waals surface area (Å²) in [6.45, 7) is 6.32. The summed E-state index contributed by atoms with van der Waals surface area (Å²) in [4.78, 5) is 13.7. The number of esters is 1. The van der Waals surface area contributed by atoms with Gasteiger partial charge in [0.1, 0.15) is 0 Å². The largest absolute Gasteiger partial charge is 0.515 e. The fraction of sp³-hybridized carbons (Fsp3) is 0.231. The molecular weight excluding hydrogens is 275 g/mol. The topological polar surface area (TPSA) is 50.9 Å². The molecule has 1 aromatic carbocycles. The maximum Gasteiger partial charge on any atom is 0.438 e. The van der Waals surface area contributed by atoms with Crippen LogP contribution in [0.3, 0.4) is 0 Å². The summed E-state index contributed by atoms with van der Waals surface area (Å²) in [5.74, 6) is -3.73. The number of carbonyl (C=O) groups is 1. The Hall–Kier alpha value is -2.49. The van der Waals surface area contributed by atoms with Crippen LogP contribution in [-0.4, -0.2) is 23.9 Å². The molecule has 0 aromatic heterocycles. The molecule has 0 fully saturated rings. The maximum absolute atomic E-state index is 12.2. The number of nitrogens with zero attached hydrogens (tertiary/aromatic N) is 1. The van der Waals surface area contributed by atoms with Crippen LogP contribution >= 0.6 is 0 Å². The molecule has 0 bridgehead atoms. The zero-order valence-corrected chi connectivity index (χ0v) is 10.1. The maximum atomic E-state index is 12.2. The molecule has 0 radical (unpaired) electrons. The van der Waals surface area contributed by atoms with Crippen LogP contribution in [0.15, 0.2) is 41.8 Å². The number of halogens is 3. The van der Waals surface area contributed by atoms with Gasteiger partial charge in [0.25, 0.3) is 0 Å². The minimum absolute atomic E-state index is 0.187. The van der Waals surface area contributed by atoms with Gasteiger partial charge in [-0.1, -0.05) is 30.3 Å². The molecular formula is C13H10F3NO3. The molecule has 4 nitrogen and oxygen atoms in total. The first-order chi connectivity index (χ1) is 9.36. The Bertz CT molecular complexity index is 544. The Morgan fingerprint density at radius 1 is 1.30 bits per heavy atom. The number of benzene rings is 1. The Labute approximate surface area is 112 Å².